The third-order valence-corrected chi connectivity index (χ3v) is 5.45. The highest BCUT2D eigenvalue weighted by Gasteiger charge is 2.13. The topological polar surface area (TPSA) is 67.3 Å². The Morgan fingerprint density at radius 3 is 2.79 bits per heavy atom. The lowest BCUT2D eigenvalue weighted by Crippen LogP contribution is -2.25. The van der Waals surface area contributed by atoms with E-state index in [1.807, 2.05) is 48.5 Å². The van der Waals surface area contributed by atoms with Crippen molar-refractivity contribution in [2.24, 2.45) is 5.92 Å². The van der Waals surface area contributed by atoms with Crippen molar-refractivity contribution in [3.05, 3.63) is 54.7 Å². The molecule has 1 atom stereocenters. The molecule has 0 aliphatic heterocycles. The van der Waals surface area contributed by atoms with Crippen LogP contribution in [0.3, 0.4) is 0 Å². The first-order chi connectivity index (χ1) is 13.6. The van der Waals surface area contributed by atoms with Crippen molar-refractivity contribution in [1.82, 2.24) is 9.97 Å². The normalized spacial score (nSPS) is 12.6. The molecule has 0 saturated carbocycles. The number of pyridine rings is 1. The van der Waals surface area contributed by atoms with E-state index >= 15 is 0 Å². The second-order valence-electron chi connectivity index (χ2n) is 7.23. The van der Waals surface area contributed by atoms with Gasteiger partial charge in [-0.15, -0.1) is 0 Å². The summed E-state index contributed by atoms with van der Waals surface area (Å²) in [5.41, 5.74) is 1.83. The van der Waals surface area contributed by atoms with Gasteiger partial charge in [-0.1, -0.05) is 37.3 Å². The number of hydrogen-bond acceptors (Lipinski definition) is 6. The number of fused-ring (bicyclic) bond motifs is 2. The molecule has 0 amide bonds. The lowest BCUT2D eigenvalue weighted by atomic mass is 10.0. The molecule has 0 saturated heterocycles. The van der Waals surface area contributed by atoms with Crippen molar-refractivity contribution in [3.63, 3.8) is 0 Å². The SMILES string of the molecule is CC(C)C[C@@H](CO)Nc1nc2ccc(Oc3ccnc4ccccc34)cc2s1. The molecule has 2 N–H and O–H groups in total. The fraction of sp³-hybridized carbons (Fsp3) is 0.273. The predicted molar refractivity (Wildman–Crippen MR) is 115 cm³/mol. The van der Waals surface area contributed by atoms with Crippen LogP contribution in [0.2, 0.25) is 0 Å². The van der Waals surface area contributed by atoms with Crippen LogP contribution in [0.25, 0.3) is 21.1 Å². The zero-order chi connectivity index (χ0) is 19.5. The number of nitrogens with one attached hydrogen (secondary N) is 1. The van der Waals surface area contributed by atoms with E-state index in [1.54, 1.807) is 17.5 Å². The second kappa shape index (κ2) is 8.12. The van der Waals surface area contributed by atoms with Gasteiger partial charge >= 0.3 is 0 Å². The zero-order valence-electron chi connectivity index (χ0n) is 15.9. The van der Waals surface area contributed by atoms with Gasteiger partial charge in [-0.2, -0.15) is 0 Å². The molecule has 0 aliphatic carbocycles. The van der Waals surface area contributed by atoms with E-state index in [0.717, 1.165) is 44.2 Å². The Balaban J connectivity index is 1.58. The summed E-state index contributed by atoms with van der Waals surface area (Å²) in [5, 5.41) is 14.7. The molecular weight excluding hydrogens is 370 g/mol. The van der Waals surface area contributed by atoms with Crippen LogP contribution in [-0.2, 0) is 0 Å². The average molecular weight is 394 g/mol. The Morgan fingerprint density at radius 2 is 1.96 bits per heavy atom. The number of ether oxygens (including phenoxy) is 1. The largest absolute Gasteiger partial charge is 0.457 e. The monoisotopic (exact) mass is 393 g/mol. The van der Waals surface area contributed by atoms with Crippen LogP contribution in [0.5, 0.6) is 11.5 Å². The van der Waals surface area contributed by atoms with Gasteiger partial charge in [0.25, 0.3) is 0 Å². The molecule has 6 heteroatoms. The molecule has 4 rings (SSSR count). The van der Waals surface area contributed by atoms with Crippen LogP contribution in [0.4, 0.5) is 5.13 Å². The fourth-order valence-electron chi connectivity index (χ4n) is 3.24. The number of anilines is 1. The van der Waals surface area contributed by atoms with Crippen molar-refractivity contribution in [3.8, 4) is 11.5 Å². The van der Waals surface area contributed by atoms with Crippen molar-refractivity contribution in [2.75, 3.05) is 11.9 Å². The van der Waals surface area contributed by atoms with Gasteiger partial charge in [0.15, 0.2) is 5.13 Å². The minimum atomic E-state index is 0.0134. The first kappa shape index (κ1) is 18.7. The van der Waals surface area contributed by atoms with Gasteiger partial charge in [-0.3, -0.25) is 4.98 Å². The maximum absolute atomic E-state index is 9.60. The lowest BCUT2D eigenvalue weighted by Gasteiger charge is -2.17. The van der Waals surface area contributed by atoms with Gasteiger partial charge < -0.3 is 15.2 Å². The van der Waals surface area contributed by atoms with Gasteiger partial charge in [0, 0.05) is 17.6 Å². The van der Waals surface area contributed by atoms with Crippen LogP contribution in [0.15, 0.2) is 54.7 Å². The Morgan fingerprint density at radius 1 is 1.11 bits per heavy atom. The Kier molecular flexibility index (Phi) is 5.41. The quantitative estimate of drug-likeness (QED) is 0.437. The first-order valence-corrected chi connectivity index (χ1v) is 10.2. The van der Waals surface area contributed by atoms with E-state index in [9.17, 15) is 5.11 Å². The molecule has 5 nitrogen and oxygen atoms in total. The van der Waals surface area contributed by atoms with Crippen molar-refractivity contribution >= 4 is 37.6 Å². The molecule has 2 aromatic carbocycles. The maximum Gasteiger partial charge on any atom is 0.184 e. The molecule has 0 spiro atoms. The molecular formula is C22H23N3O2S. The van der Waals surface area contributed by atoms with Crippen molar-refractivity contribution in [1.29, 1.82) is 0 Å². The number of aliphatic hydroxyl groups excluding tert-OH is 1. The molecule has 4 aromatic rings. The van der Waals surface area contributed by atoms with Gasteiger partial charge in [0.05, 0.1) is 28.4 Å². The average Bonchev–Trinajstić information content (AvgIpc) is 3.09. The molecule has 2 aromatic heterocycles. The first-order valence-electron chi connectivity index (χ1n) is 9.42. The third-order valence-electron chi connectivity index (χ3n) is 4.50. The van der Waals surface area contributed by atoms with Crippen LogP contribution >= 0.6 is 11.3 Å². The minimum Gasteiger partial charge on any atom is -0.457 e. The van der Waals surface area contributed by atoms with E-state index in [0.29, 0.717) is 5.92 Å². The summed E-state index contributed by atoms with van der Waals surface area (Å²) in [6.45, 7) is 4.39. The lowest BCUT2D eigenvalue weighted by molar-refractivity contribution is 0.259. The fourth-order valence-corrected chi connectivity index (χ4v) is 4.21. The Labute approximate surface area is 168 Å². The number of nitrogens with zero attached hydrogens (tertiary/aromatic N) is 2. The molecule has 28 heavy (non-hydrogen) atoms. The van der Waals surface area contributed by atoms with Gasteiger partial charge in [0.2, 0.25) is 0 Å². The number of thiazole rings is 1. The standard InChI is InChI=1S/C22H23N3O2S/c1-14(2)11-15(13-26)24-22-25-19-8-7-16(12-21(19)28-22)27-20-9-10-23-18-6-4-3-5-17(18)20/h3-10,12,14-15,26H,11,13H2,1-2H3,(H,24,25)/t15-/m0/s1. The smallest absolute Gasteiger partial charge is 0.184 e. The van der Waals surface area contributed by atoms with E-state index in [1.165, 1.54) is 0 Å². The summed E-state index contributed by atoms with van der Waals surface area (Å²) in [7, 11) is 0. The van der Waals surface area contributed by atoms with Crippen LogP contribution < -0.4 is 10.1 Å². The van der Waals surface area contributed by atoms with Gasteiger partial charge in [-0.25, -0.2) is 4.98 Å². The molecule has 0 unspecified atom stereocenters. The van der Waals surface area contributed by atoms with Crippen molar-refractivity contribution < 1.29 is 9.84 Å². The molecule has 0 radical (unpaired) electrons. The predicted octanol–water partition coefficient (Wildman–Crippen LogP) is 5.46. The maximum atomic E-state index is 9.60. The number of aliphatic hydroxyl groups is 1. The highest BCUT2D eigenvalue weighted by molar-refractivity contribution is 7.22. The minimum absolute atomic E-state index is 0.0134. The molecule has 144 valence electrons. The van der Waals surface area contributed by atoms with E-state index in [4.69, 9.17) is 4.74 Å². The summed E-state index contributed by atoms with van der Waals surface area (Å²) < 4.78 is 7.18. The zero-order valence-corrected chi connectivity index (χ0v) is 16.7. The van der Waals surface area contributed by atoms with E-state index in [2.05, 4.69) is 29.1 Å². The molecule has 0 bridgehead atoms. The number of hydrogen-bond donors (Lipinski definition) is 2. The summed E-state index contributed by atoms with van der Waals surface area (Å²) in [6.07, 6.45) is 2.66. The highest BCUT2D eigenvalue weighted by Crippen LogP contribution is 2.33. The number of para-hydroxylation sites is 1. The van der Waals surface area contributed by atoms with E-state index in [-0.39, 0.29) is 12.6 Å². The van der Waals surface area contributed by atoms with Crippen LogP contribution in [-0.4, -0.2) is 27.7 Å². The Bertz CT molecular complexity index is 1090. The number of benzene rings is 2. The highest BCUT2D eigenvalue weighted by atomic mass is 32.1. The summed E-state index contributed by atoms with van der Waals surface area (Å²) >= 11 is 1.57. The molecule has 0 aliphatic rings. The molecule has 2 heterocycles. The van der Waals surface area contributed by atoms with Crippen molar-refractivity contribution in [2.45, 2.75) is 26.3 Å². The number of aromatic nitrogens is 2. The summed E-state index contributed by atoms with van der Waals surface area (Å²) in [4.78, 5) is 9.01. The van der Waals surface area contributed by atoms with Crippen LogP contribution in [0.1, 0.15) is 20.3 Å². The number of rotatable bonds is 7. The molecule has 0 fully saturated rings. The summed E-state index contributed by atoms with van der Waals surface area (Å²) in [6, 6.07) is 15.7. The Hall–Kier alpha value is -2.70. The van der Waals surface area contributed by atoms with Gasteiger partial charge in [-0.05, 0) is 42.7 Å². The van der Waals surface area contributed by atoms with Gasteiger partial charge in [0.1, 0.15) is 11.5 Å². The summed E-state index contributed by atoms with van der Waals surface area (Å²) in [5.74, 6) is 2.05. The van der Waals surface area contributed by atoms with Crippen LogP contribution in [0, 0.1) is 5.92 Å². The second-order valence-corrected chi connectivity index (χ2v) is 8.26. The third kappa shape index (κ3) is 4.08. The van der Waals surface area contributed by atoms with E-state index < -0.39 is 0 Å².